The Labute approximate surface area is 111 Å². The Kier molecular flexibility index (Phi) is 2.61. The molecule has 0 aliphatic rings. The molecule has 0 saturated heterocycles. The van der Waals surface area contributed by atoms with E-state index in [0.29, 0.717) is 5.02 Å². The summed E-state index contributed by atoms with van der Waals surface area (Å²) in [5.41, 5.74) is 2.66. The molecule has 0 N–H and O–H groups in total. The van der Waals surface area contributed by atoms with Crippen LogP contribution in [0.15, 0.2) is 47.2 Å². The molecule has 0 unspecified atom stereocenters. The van der Waals surface area contributed by atoms with Crippen molar-refractivity contribution in [3.63, 3.8) is 0 Å². The van der Waals surface area contributed by atoms with Gasteiger partial charge >= 0.3 is 0 Å². The van der Waals surface area contributed by atoms with Crippen molar-refractivity contribution < 1.29 is 0 Å². The molecule has 0 saturated carbocycles. The van der Waals surface area contributed by atoms with E-state index < -0.39 is 0 Å². The lowest BCUT2D eigenvalue weighted by molar-refractivity contribution is 0.941. The largest absolute Gasteiger partial charge is 0.227 e. The van der Waals surface area contributed by atoms with Crippen LogP contribution >= 0.6 is 27.5 Å². The van der Waals surface area contributed by atoms with Crippen LogP contribution in [0.5, 0.6) is 0 Å². The highest BCUT2D eigenvalue weighted by atomic mass is 79.9. The lowest BCUT2D eigenvalue weighted by atomic mass is 10.1. The molecule has 3 nitrogen and oxygen atoms in total. The van der Waals surface area contributed by atoms with Gasteiger partial charge in [-0.3, -0.25) is 0 Å². The Balaban J connectivity index is 2.20. The zero-order valence-electron chi connectivity index (χ0n) is 8.64. The molecular formula is C12H7BrClN3. The summed E-state index contributed by atoms with van der Waals surface area (Å²) < 4.78 is 2.60. The summed E-state index contributed by atoms with van der Waals surface area (Å²) in [6.45, 7) is 0. The average Bonchev–Trinajstić information content (AvgIpc) is 2.71. The van der Waals surface area contributed by atoms with Crippen LogP contribution in [0.3, 0.4) is 0 Å². The van der Waals surface area contributed by atoms with Gasteiger partial charge in [0.1, 0.15) is 0 Å². The SMILES string of the molecule is Clc1cccc(-c2ccn3ncc(Br)c3n2)c1. The lowest BCUT2D eigenvalue weighted by Gasteiger charge is -2.02. The maximum atomic E-state index is 5.97. The predicted octanol–water partition coefficient (Wildman–Crippen LogP) is 3.81. The van der Waals surface area contributed by atoms with E-state index in [1.807, 2.05) is 36.5 Å². The molecule has 0 amide bonds. The van der Waals surface area contributed by atoms with Gasteiger partial charge in [-0.1, -0.05) is 23.7 Å². The summed E-state index contributed by atoms with van der Waals surface area (Å²) in [5, 5.41) is 4.86. The van der Waals surface area contributed by atoms with Crippen molar-refractivity contribution in [1.82, 2.24) is 14.6 Å². The van der Waals surface area contributed by atoms with E-state index >= 15 is 0 Å². The first-order chi connectivity index (χ1) is 8.24. The third-order valence-electron chi connectivity index (χ3n) is 2.45. The topological polar surface area (TPSA) is 30.2 Å². The maximum Gasteiger partial charge on any atom is 0.169 e. The van der Waals surface area contributed by atoms with Gasteiger partial charge in [0.05, 0.1) is 16.4 Å². The van der Waals surface area contributed by atoms with E-state index in [-0.39, 0.29) is 0 Å². The highest BCUT2D eigenvalue weighted by molar-refractivity contribution is 9.10. The van der Waals surface area contributed by atoms with Crippen LogP contribution in [-0.2, 0) is 0 Å². The molecule has 0 spiro atoms. The van der Waals surface area contributed by atoms with Gasteiger partial charge in [-0.25, -0.2) is 9.50 Å². The first-order valence-corrected chi connectivity index (χ1v) is 6.17. The van der Waals surface area contributed by atoms with Crippen molar-refractivity contribution in [2.75, 3.05) is 0 Å². The van der Waals surface area contributed by atoms with Crippen LogP contribution < -0.4 is 0 Å². The van der Waals surface area contributed by atoms with Crippen LogP contribution in [0.2, 0.25) is 5.02 Å². The molecule has 3 aromatic rings. The fourth-order valence-electron chi connectivity index (χ4n) is 1.65. The Morgan fingerprint density at radius 2 is 2.12 bits per heavy atom. The lowest BCUT2D eigenvalue weighted by Crippen LogP contribution is -1.91. The molecule has 0 bridgehead atoms. The van der Waals surface area contributed by atoms with Crippen molar-refractivity contribution in [1.29, 1.82) is 0 Å². The number of hydrogen-bond acceptors (Lipinski definition) is 2. The van der Waals surface area contributed by atoms with Crippen molar-refractivity contribution in [3.05, 3.63) is 52.2 Å². The van der Waals surface area contributed by atoms with E-state index in [2.05, 4.69) is 26.0 Å². The average molecular weight is 309 g/mol. The molecule has 17 heavy (non-hydrogen) atoms. The third kappa shape index (κ3) is 1.94. The van der Waals surface area contributed by atoms with Crippen molar-refractivity contribution >= 4 is 33.2 Å². The Morgan fingerprint density at radius 3 is 2.94 bits per heavy atom. The van der Waals surface area contributed by atoms with E-state index in [9.17, 15) is 0 Å². The Bertz CT molecular complexity index is 693. The van der Waals surface area contributed by atoms with Gasteiger partial charge in [-0.2, -0.15) is 5.10 Å². The minimum atomic E-state index is 0.705. The molecule has 0 fully saturated rings. The van der Waals surface area contributed by atoms with E-state index in [0.717, 1.165) is 21.4 Å². The van der Waals surface area contributed by atoms with E-state index in [1.165, 1.54) is 0 Å². The molecule has 0 atom stereocenters. The van der Waals surface area contributed by atoms with Crippen LogP contribution in [0.4, 0.5) is 0 Å². The number of rotatable bonds is 1. The number of nitrogens with zero attached hydrogens (tertiary/aromatic N) is 3. The van der Waals surface area contributed by atoms with Gasteiger partial charge in [0, 0.05) is 16.8 Å². The van der Waals surface area contributed by atoms with Crippen LogP contribution in [-0.4, -0.2) is 14.6 Å². The Hall–Kier alpha value is -1.39. The highest BCUT2D eigenvalue weighted by Crippen LogP contribution is 2.23. The van der Waals surface area contributed by atoms with Crippen LogP contribution in [0.25, 0.3) is 16.9 Å². The summed E-state index contributed by atoms with van der Waals surface area (Å²) in [7, 11) is 0. The van der Waals surface area contributed by atoms with Gasteiger partial charge in [0.15, 0.2) is 5.65 Å². The van der Waals surface area contributed by atoms with Gasteiger partial charge in [-0.05, 0) is 34.1 Å². The molecular weight excluding hydrogens is 302 g/mol. The number of hydrogen-bond donors (Lipinski definition) is 0. The van der Waals surface area contributed by atoms with E-state index in [4.69, 9.17) is 11.6 Å². The van der Waals surface area contributed by atoms with Gasteiger partial charge in [-0.15, -0.1) is 0 Å². The van der Waals surface area contributed by atoms with Gasteiger partial charge in [0.2, 0.25) is 0 Å². The minimum Gasteiger partial charge on any atom is -0.227 e. The second-order valence-corrected chi connectivity index (χ2v) is 4.87. The second kappa shape index (κ2) is 4.13. The standard InChI is InChI=1S/C12H7BrClN3/c13-10-7-15-17-5-4-11(16-12(10)17)8-2-1-3-9(14)6-8/h1-7H. The number of aromatic nitrogens is 3. The third-order valence-corrected chi connectivity index (χ3v) is 3.24. The Morgan fingerprint density at radius 1 is 1.24 bits per heavy atom. The fraction of sp³-hybridized carbons (Fsp3) is 0. The monoisotopic (exact) mass is 307 g/mol. The molecule has 0 radical (unpaired) electrons. The molecule has 2 heterocycles. The van der Waals surface area contributed by atoms with Crippen molar-refractivity contribution in [2.45, 2.75) is 0 Å². The number of halogens is 2. The maximum absolute atomic E-state index is 5.97. The van der Waals surface area contributed by atoms with Crippen LogP contribution in [0.1, 0.15) is 0 Å². The molecule has 3 rings (SSSR count). The van der Waals surface area contributed by atoms with Gasteiger partial charge < -0.3 is 0 Å². The normalized spacial score (nSPS) is 10.9. The summed E-state index contributed by atoms with van der Waals surface area (Å²) in [4.78, 5) is 4.54. The summed E-state index contributed by atoms with van der Waals surface area (Å²) in [6, 6.07) is 9.55. The first kappa shape index (κ1) is 10.7. The first-order valence-electron chi connectivity index (χ1n) is 5.00. The summed E-state index contributed by atoms with van der Waals surface area (Å²) >= 11 is 9.38. The number of fused-ring (bicyclic) bond motifs is 1. The zero-order chi connectivity index (χ0) is 11.8. The molecule has 84 valence electrons. The molecule has 0 aliphatic heterocycles. The van der Waals surface area contributed by atoms with Crippen molar-refractivity contribution in [3.8, 4) is 11.3 Å². The molecule has 1 aromatic carbocycles. The van der Waals surface area contributed by atoms with Crippen molar-refractivity contribution in [2.24, 2.45) is 0 Å². The summed E-state index contributed by atoms with van der Waals surface area (Å²) in [6.07, 6.45) is 3.60. The smallest absolute Gasteiger partial charge is 0.169 e. The molecule has 2 aromatic heterocycles. The zero-order valence-corrected chi connectivity index (χ0v) is 11.0. The second-order valence-electron chi connectivity index (χ2n) is 3.58. The minimum absolute atomic E-state index is 0.705. The van der Waals surface area contributed by atoms with E-state index in [1.54, 1.807) is 10.7 Å². The predicted molar refractivity (Wildman–Crippen MR) is 71.1 cm³/mol. The number of benzene rings is 1. The fourth-order valence-corrected chi connectivity index (χ4v) is 2.20. The quantitative estimate of drug-likeness (QED) is 0.684. The highest BCUT2D eigenvalue weighted by Gasteiger charge is 2.05. The summed E-state index contributed by atoms with van der Waals surface area (Å²) in [5.74, 6) is 0. The molecule has 0 aliphatic carbocycles. The van der Waals surface area contributed by atoms with Gasteiger partial charge in [0.25, 0.3) is 0 Å². The van der Waals surface area contributed by atoms with Crippen LogP contribution in [0, 0.1) is 0 Å². The molecule has 5 heteroatoms.